The lowest BCUT2D eigenvalue weighted by Gasteiger charge is -2.05. The van der Waals surface area contributed by atoms with E-state index in [-0.39, 0.29) is 5.91 Å². The van der Waals surface area contributed by atoms with E-state index in [1.54, 1.807) is 12.1 Å². The Labute approximate surface area is 122 Å². The van der Waals surface area contributed by atoms with Crippen molar-refractivity contribution in [3.8, 4) is 0 Å². The first-order valence-electron chi connectivity index (χ1n) is 7.07. The van der Waals surface area contributed by atoms with Gasteiger partial charge in [0.2, 0.25) is 0 Å². The molecule has 1 amide bonds. The molecule has 0 bridgehead atoms. The Balaban J connectivity index is 1.80. The Hall–Kier alpha value is -2.56. The molecule has 0 aliphatic heterocycles. The van der Waals surface area contributed by atoms with Crippen LogP contribution in [-0.4, -0.2) is 15.5 Å². The minimum atomic E-state index is -0.259. The highest BCUT2D eigenvalue weighted by Gasteiger charge is 2.10. The zero-order valence-electron chi connectivity index (χ0n) is 11.9. The van der Waals surface area contributed by atoms with E-state index < -0.39 is 0 Å². The fraction of sp³-hybridized carbons (Fsp3) is 0.250. The van der Waals surface area contributed by atoms with Crippen LogP contribution in [0.15, 0.2) is 47.3 Å². The maximum atomic E-state index is 11.9. The van der Waals surface area contributed by atoms with Crippen molar-refractivity contribution in [1.29, 1.82) is 0 Å². The van der Waals surface area contributed by atoms with Crippen molar-refractivity contribution in [2.45, 2.75) is 26.3 Å². The van der Waals surface area contributed by atoms with E-state index in [1.165, 1.54) is 6.26 Å². The second-order valence-corrected chi connectivity index (χ2v) is 4.93. The van der Waals surface area contributed by atoms with Crippen LogP contribution in [-0.2, 0) is 6.54 Å². The minimum absolute atomic E-state index is 0.259. The van der Waals surface area contributed by atoms with Gasteiger partial charge in [-0.3, -0.25) is 4.79 Å². The second-order valence-electron chi connectivity index (χ2n) is 4.93. The summed E-state index contributed by atoms with van der Waals surface area (Å²) in [4.78, 5) is 16.3. The molecule has 5 heteroatoms. The van der Waals surface area contributed by atoms with Gasteiger partial charge >= 0.3 is 0 Å². The molecule has 1 N–H and O–H groups in total. The third kappa shape index (κ3) is 2.81. The molecular formula is C16H17N3O2. The summed E-state index contributed by atoms with van der Waals surface area (Å²) in [5.41, 5.74) is 2.67. The minimum Gasteiger partial charge on any atom is -0.459 e. The summed E-state index contributed by atoms with van der Waals surface area (Å²) in [7, 11) is 0. The number of imidazole rings is 1. The highest BCUT2D eigenvalue weighted by molar-refractivity contribution is 6.03. The third-order valence-corrected chi connectivity index (χ3v) is 3.38. The number of carbonyl (C=O) groups excluding carboxylic acids is 1. The van der Waals surface area contributed by atoms with Gasteiger partial charge in [-0.05, 0) is 36.8 Å². The number of anilines is 1. The van der Waals surface area contributed by atoms with Crippen LogP contribution in [0.1, 0.15) is 30.3 Å². The molecule has 5 nitrogen and oxygen atoms in total. The first-order valence-corrected chi connectivity index (χ1v) is 7.07. The number of carbonyl (C=O) groups is 1. The zero-order valence-corrected chi connectivity index (χ0v) is 11.9. The fourth-order valence-electron chi connectivity index (χ4n) is 2.25. The number of rotatable bonds is 5. The van der Waals surface area contributed by atoms with Gasteiger partial charge in [0.1, 0.15) is 0 Å². The summed E-state index contributed by atoms with van der Waals surface area (Å²) in [6.45, 7) is 3.13. The molecule has 2 aromatic heterocycles. The number of hydrogen-bond acceptors (Lipinski definition) is 3. The predicted octanol–water partition coefficient (Wildman–Crippen LogP) is 3.68. The molecule has 0 aliphatic carbocycles. The number of benzene rings is 1. The van der Waals surface area contributed by atoms with Crippen LogP contribution in [0.5, 0.6) is 0 Å². The Morgan fingerprint density at radius 3 is 3.05 bits per heavy atom. The summed E-state index contributed by atoms with van der Waals surface area (Å²) < 4.78 is 7.21. The molecular weight excluding hydrogens is 266 g/mol. The Bertz CT molecular complexity index is 744. The second kappa shape index (κ2) is 5.83. The number of unbranched alkanes of at least 4 members (excludes halogenated alkanes) is 1. The van der Waals surface area contributed by atoms with E-state index >= 15 is 0 Å². The molecule has 0 radical (unpaired) electrons. The van der Waals surface area contributed by atoms with E-state index in [2.05, 4.69) is 21.8 Å². The summed E-state index contributed by atoms with van der Waals surface area (Å²) in [6.07, 6.45) is 5.60. The lowest BCUT2D eigenvalue weighted by atomic mass is 10.2. The van der Waals surface area contributed by atoms with Crippen LogP contribution in [0, 0.1) is 0 Å². The third-order valence-electron chi connectivity index (χ3n) is 3.38. The number of hydrogen-bond donors (Lipinski definition) is 1. The van der Waals surface area contributed by atoms with Crippen molar-refractivity contribution in [2.75, 3.05) is 5.32 Å². The number of nitrogens with zero attached hydrogens (tertiary/aromatic N) is 2. The van der Waals surface area contributed by atoms with Crippen LogP contribution in [0.25, 0.3) is 11.0 Å². The van der Waals surface area contributed by atoms with Gasteiger partial charge in [-0.25, -0.2) is 4.98 Å². The van der Waals surface area contributed by atoms with Crippen LogP contribution < -0.4 is 5.32 Å². The first-order chi connectivity index (χ1) is 10.3. The number of amides is 1. The standard InChI is InChI=1S/C16H17N3O2/c1-2-3-8-19-11-17-13-10-12(6-7-14(13)19)18-16(20)15-5-4-9-21-15/h4-7,9-11H,2-3,8H2,1H3,(H,18,20). The average Bonchev–Trinajstić information content (AvgIpc) is 3.14. The van der Waals surface area contributed by atoms with Gasteiger partial charge in [0.05, 0.1) is 23.6 Å². The summed E-state index contributed by atoms with van der Waals surface area (Å²) >= 11 is 0. The number of furan rings is 1. The van der Waals surface area contributed by atoms with Gasteiger partial charge in [-0.15, -0.1) is 0 Å². The van der Waals surface area contributed by atoms with Crippen molar-refractivity contribution < 1.29 is 9.21 Å². The van der Waals surface area contributed by atoms with Crippen LogP contribution >= 0.6 is 0 Å². The molecule has 21 heavy (non-hydrogen) atoms. The molecule has 0 aliphatic rings. The molecule has 0 fully saturated rings. The van der Waals surface area contributed by atoms with E-state index in [1.807, 2.05) is 24.5 Å². The number of fused-ring (bicyclic) bond motifs is 1. The summed E-state index contributed by atoms with van der Waals surface area (Å²) in [5.74, 6) is 0.0355. The molecule has 0 atom stereocenters. The SMILES string of the molecule is CCCCn1cnc2cc(NC(=O)c3ccco3)ccc21. The molecule has 3 rings (SSSR count). The van der Waals surface area contributed by atoms with E-state index in [4.69, 9.17) is 4.42 Å². The predicted molar refractivity (Wildman–Crippen MR) is 81.3 cm³/mol. The van der Waals surface area contributed by atoms with Gasteiger partial charge in [0.15, 0.2) is 5.76 Å². The van der Waals surface area contributed by atoms with Crippen molar-refractivity contribution in [2.24, 2.45) is 0 Å². The van der Waals surface area contributed by atoms with Gasteiger partial charge in [-0.2, -0.15) is 0 Å². The van der Waals surface area contributed by atoms with E-state index in [9.17, 15) is 4.79 Å². The highest BCUT2D eigenvalue weighted by Crippen LogP contribution is 2.19. The summed E-state index contributed by atoms with van der Waals surface area (Å²) in [6, 6.07) is 9.06. The highest BCUT2D eigenvalue weighted by atomic mass is 16.3. The summed E-state index contributed by atoms with van der Waals surface area (Å²) in [5, 5.41) is 2.81. The Morgan fingerprint density at radius 1 is 1.38 bits per heavy atom. The van der Waals surface area contributed by atoms with Crippen molar-refractivity contribution in [3.05, 3.63) is 48.7 Å². The van der Waals surface area contributed by atoms with Gasteiger partial charge in [0, 0.05) is 12.2 Å². The quantitative estimate of drug-likeness (QED) is 0.777. The van der Waals surface area contributed by atoms with Crippen molar-refractivity contribution >= 4 is 22.6 Å². The lowest BCUT2D eigenvalue weighted by Crippen LogP contribution is -2.10. The van der Waals surface area contributed by atoms with Crippen LogP contribution in [0.3, 0.4) is 0 Å². The Morgan fingerprint density at radius 2 is 2.29 bits per heavy atom. The maximum absolute atomic E-state index is 11.9. The Kier molecular flexibility index (Phi) is 3.73. The van der Waals surface area contributed by atoms with Gasteiger partial charge < -0.3 is 14.3 Å². The maximum Gasteiger partial charge on any atom is 0.291 e. The number of aryl methyl sites for hydroxylation is 1. The molecule has 0 unspecified atom stereocenters. The smallest absolute Gasteiger partial charge is 0.291 e. The van der Waals surface area contributed by atoms with Crippen molar-refractivity contribution in [1.82, 2.24) is 9.55 Å². The monoisotopic (exact) mass is 283 g/mol. The molecule has 3 aromatic rings. The molecule has 2 heterocycles. The van der Waals surface area contributed by atoms with E-state index in [0.717, 1.165) is 30.4 Å². The first kappa shape index (κ1) is 13.4. The van der Waals surface area contributed by atoms with Gasteiger partial charge in [-0.1, -0.05) is 13.3 Å². The number of aromatic nitrogens is 2. The van der Waals surface area contributed by atoms with Crippen molar-refractivity contribution in [3.63, 3.8) is 0 Å². The normalized spacial score (nSPS) is 10.9. The molecule has 0 saturated carbocycles. The number of nitrogens with one attached hydrogen (secondary N) is 1. The van der Waals surface area contributed by atoms with E-state index in [0.29, 0.717) is 11.4 Å². The lowest BCUT2D eigenvalue weighted by molar-refractivity contribution is 0.0996. The van der Waals surface area contributed by atoms with Crippen LogP contribution in [0.2, 0.25) is 0 Å². The molecule has 0 spiro atoms. The average molecular weight is 283 g/mol. The molecule has 1 aromatic carbocycles. The fourth-order valence-corrected chi connectivity index (χ4v) is 2.25. The van der Waals surface area contributed by atoms with Crippen LogP contribution in [0.4, 0.5) is 5.69 Å². The van der Waals surface area contributed by atoms with Gasteiger partial charge in [0.25, 0.3) is 5.91 Å². The largest absolute Gasteiger partial charge is 0.459 e. The molecule has 0 saturated heterocycles. The zero-order chi connectivity index (χ0) is 14.7. The topological polar surface area (TPSA) is 60.1 Å². The molecule has 108 valence electrons.